The topological polar surface area (TPSA) is 82.1 Å². The van der Waals surface area contributed by atoms with Crippen molar-refractivity contribution in [3.05, 3.63) is 30.6 Å². The Labute approximate surface area is 191 Å². The maximum Gasteiger partial charge on any atom is 0.164 e. The van der Waals surface area contributed by atoms with Gasteiger partial charge in [0, 0.05) is 66.3 Å². The fourth-order valence-electron chi connectivity index (χ4n) is 3.05. The quantitative estimate of drug-likeness (QED) is 0.481. The number of aromatic nitrogens is 4. The number of morpholine rings is 1. The number of hydrogen-bond acceptors (Lipinski definition) is 8. The smallest absolute Gasteiger partial charge is 0.164 e. The summed E-state index contributed by atoms with van der Waals surface area (Å²) in [4.78, 5) is 16.0. The summed E-state index contributed by atoms with van der Waals surface area (Å²) in [5.74, 6) is 3.16. The highest BCUT2D eigenvalue weighted by molar-refractivity contribution is 14.2. The van der Waals surface area contributed by atoms with Gasteiger partial charge in [-0.2, -0.15) is 11.8 Å². The highest BCUT2D eigenvalue weighted by Crippen LogP contribution is 2.31. The van der Waals surface area contributed by atoms with Crippen LogP contribution in [0.2, 0.25) is 0 Å². The third-order valence-electron chi connectivity index (χ3n) is 4.55. The number of nitrogen functional groups attached to an aromatic ring is 1. The van der Waals surface area contributed by atoms with Crippen LogP contribution in [0.15, 0.2) is 30.6 Å². The zero-order valence-electron chi connectivity index (χ0n) is 16.7. The summed E-state index contributed by atoms with van der Waals surface area (Å²) in [6, 6.07) is 6.05. The van der Waals surface area contributed by atoms with Crippen molar-refractivity contribution in [3.8, 4) is 11.4 Å². The van der Waals surface area contributed by atoms with Gasteiger partial charge in [0.05, 0.1) is 19.3 Å². The van der Waals surface area contributed by atoms with E-state index in [1.807, 2.05) is 40.1 Å². The van der Waals surface area contributed by atoms with Crippen molar-refractivity contribution >= 4 is 64.8 Å². The summed E-state index contributed by atoms with van der Waals surface area (Å²) in [5, 5.41) is 1.01. The average Bonchev–Trinajstić information content (AvgIpc) is 3.17. The van der Waals surface area contributed by atoms with Gasteiger partial charge >= 0.3 is 0 Å². The Morgan fingerprint density at radius 3 is 2.83 bits per heavy atom. The molecule has 1 saturated heterocycles. The second-order valence-electron chi connectivity index (χ2n) is 6.48. The second kappa shape index (κ2) is 10.7. The number of nitrogens with zero attached hydrogens (tertiary/aromatic N) is 5. The molecule has 1 unspecified atom stereocenters. The molecule has 7 nitrogen and oxygen atoms in total. The van der Waals surface area contributed by atoms with Crippen molar-refractivity contribution in [3.63, 3.8) is 0 Å². The number of hydrogen-bond donors (Lipinski definition) is 1. The summed E-state index contributed by atoms with van der Waals surface area (Å²) >= 11 is 4.09. The van der Waals surface area contributed by atoms with E-state index < -0.39 is 0 Å². The van der Waals surface area contributed by atoms with E-state index in [1.54, 1.807) is 15.3 Å². The summed E-state index contributed by atoms with van der Waals surface area (Å²) in [5.41, 5.74) is 7.92. The molecule has 29 heavy (non-hydrogen) atoms. The van der Waals surface area contributed by atoms with E-state index in [0.29, 0.717) is 24.9 Å². The maximum atomic E-state index is 6.09. The molecule has 0 saturated carbocycles. The zero-order valence-corrected chi connectivity index (χ0v) is 20.5. The predicted octanol–water partition coefficient (Wildman–Crippen LogP) is 4.52. The van der Waals surface area contributed by atoms with E-state index in [-0.39, 0.29) is 6.04 Å². The summed E-state index contributed by atoms with van der Waals surface area (Å²) < 4.78 is 7.53. The fraction of sp³-hybridized carbons (Fsp3) is 0.421. The number of pyridine rings is 1. The highest BCUT2D eigenvalue weighted by atomic mass is 127. The Morgan fingerprint density at radius 2 is 2.14 bits per heavy atom. The van der Waals surface area contributed by atoms with Gasteiger partial charge in [-0.05, 0) is 31.1 Å². The largest absolute Gasteiger partial charge is 0.384 e. The lowest BCUT2D eigenvalue weighted by Crippen LogP contribution is -2.44. The van der Waals surface area contributed by atoms with Crippen LogP contribution in [0.1, 0.15) is 13.8 Å². The summed E-state index contributed by atoms with van der Waals surface area (Å²) in [6.45, 7) is 6.45. The van der Waals surface area contributed by atoms with Crippen LogP contribution in [-0.4, -0.2) is 56.7 Å². The van der Waals surface area contributed by atoms with Gasteiger partial charge in [-0.3, -0.25) is 3.97 Å². The maximum absolute atomic E-state index is 6.09. The Morgan fingerprint density at radius 1 is 1.34 bits per heavy atom. The highest BCUT2D eigenvalue weighted by Gasteiger charge is 2.22. The first-order chi connectivity index (χ1) is 14.1. The molecule has 0 spiro atoms. The predicted molar refractivity (Wildman–Crippen MR) is 134 cm³/mol. The molecular weight excluding hydrogens is 519 g/mol. The second-order valence-corrected chi connectivity index (χ2v) is 9.34. The minimum Gasteiger partial charge on any atom is -0.384 e. The summed E-state index contributed by atoms with van der Waals surface area (Å²) in [6.07, 6.45) is 5.88. The Balaban J connectivity index is 0.000000552. The first kappa shape index (κ1) is 22.4. The van der Waals surface area contributed by atoms with E-state index in [9.17, 15) is 0 Å². The Bertz CT molecular complexity index is 952. The minimum absolute atomic E-state index is 0.255. The molecule has 1 aliphatic rings. The van der Waals surface area contributed by atoms with Gasteiger partial charge in [-0.25, -0.2) is 15.0 Å². The molecule has 2 N–H and O–H groups in total. The lowest BCUT2D eigenvalue weighted by atomic mass is 10.1. The van der Waals surface area contributed by atoms with Crippen molar-refractivity contribution < 1.29 is 4.74 Å². The van der Waals surface area contributed by atoms with Crippen LogP contribution < -0.4 is 10.6 Å². The molecule has 4 heterocycles. The van der Waals surface area contributed by atoms with Crippen molar-refractivity contribution in [1.29, 1.82) is 0 Å². The van der Waals surface area contributed by atoms with E-state index in [2.05, 4.69) is 56.2 Å². The molecule has 0 radical (unpaired) electrons. The number of rotatable bonds is 4. The van der Waals surface area contributed by atoms with Gasteiger partial charge in [-0.15, -0.1) is 0 Å². The monoisotopic (exact) mass is 544 g/mol. The van der Waals surface area contributed by atoms with E-state index in [1.165, 1.54) is 5.75 Å². The number of halogens is 1. The first-order valence-electron chi connectivity index (χ1n) is 9.32. The molecule has 0 aliphatic carbocycles. The Hall–Kier alpha value is -1.24. The third-order valence-corrected chi connectivity index (χ3v) is 6.85. The van der Waals surface area contributed by atoms with Crippen LogP contribution in [0.5, 0.6) is 0 Å². The van der Waals surface area contributed by atoms with E-state index in [0.717, 1.165) is 29.0 Å². The molecule has 1 aliphatic heterocycles. The first-order valence-corrected chi connectivity index (χ1v) is 14.0. The molecule has 156 valence electrons. The van der Waals surface area contributed by atoms with Crippen LogP contribution in [0.3, 0.4) is 0 Å². The van der Waals surface area contributed by atoms with Crippen LogP contribution in [0.4, 0.5) is 11.6 Å². The molecule has 3 aromatic heterocycles. The van der Waals surface area contributed by atoms with Gasteiger partial charge < -0.3 is 15.4 Å². The molecule has 3 aromatic rings. The van der Waals surface area contributed by atoms with Crippen LogP contribution >= 0.6 is 42.1 Å². The molecule has 1 fully saturated rings. The fourth-order valence-corrected chi connectivity index (χ4v) is 4.32. The van der Waals surface area contributed by atoms with Crippen molar-refractivity contribution in [2.24, 2.45) is 0 Å². The molecule has 0 bridgehead atoms. The normalized spacial score (nSPS) is 16.6. The zero-order chi connectivity index (χ0) is 20.8. The van der Waals surface area contributed by atoms with E-state index in [4.69, 9.17) is 15.5 Å². The van der Waals surface area contributed by atoms with Crippen molar-refractivity contribution in [1.82, 2.24) is 18.9 Å². The van der Waals surface area contributed by atoms with Gasteiger partial charge in [0.2, 0.25) is 0 Å². The van der Waals surface area contributed by atoms with E-state index >= 15 is 0 Å². The minimum atomic E-state index is 0.255. The van der Waals surface area contributed by atoms with Gasteiger partial charge in [0.15, 0.2) is 11.5 Å². The molecule has 1 atom stereocenters. The van der Waals surface area contributed by atoms with Crippen molar-refractivity contribution in [2.45, 2.75) is 19.9 Å². The summed E-state index contributed by atoms with van der Waals surface area (Å²) in [7, 11) is 1.57. The molecular formula is C19H25IN6OS2. The van der Waals surface area contributed by atoms with Crippen molar-refractivity contribution in [2.75, 3.05) is 42.4 Å². The SMILES string of the molecule is CC1COCCN1c1cc(N)nc(-c2ccnc3c2ccn3SI)n1.CCSC. The van der Waals surface area contributed by atoms with Gasteiger partial charge in [0.25, 0.3) is 0 Å². The average molecular weight is 544 g/mol. The Kier molecular flexibility index (Phi) is 8.27. The standard InChI is InChI=1S/C16H17IN6OS.C3H8S/c1-10-9-24-7-6-22(10)14-8-13(18)20-15(21-14)11-2-4-19-16-12(11)3-5-23(16)25-17;1-3-4-2/h2-5,8,10H,6-7,9H2,1H3,(H2,18,20,21);3H2,1-2H3. The number of nitrogens with two attached hydrogens (primary N) is 1. The third kappa shape index (κ3) is 5.28. The van der Waals surface area contributed by atoms with Crippen LogP contribution in [0.25, 0.3) is 22.4 Å². The number of anilines is 2. The van der Waals surface area contributed by atoms with Crippen LogP contribution in [0, 0.1) is 0 Å². The molecule has 0 amide bonds. The molecule has 0 aromatic carbocycles. The lowest BCUT2D eigenvalue weighted by molar-refractivity contribution is 0.0985. The number of ether oxygens (including phenoxy) is 1. The number of thioether (sulfide) groups is 1. The lowest BCUT2D eigenvalue weighted by Gasteiger charge is -2.34. The van der Waals surface area contributed by atoms with Gasteiger partial charge in [-0.1, -0.05) is 6.92 Å². The van der Waals surface area contributed by atoms with Crippen LogP contribution in [-0.2, 0) is 4.74 Å². The number of fused-ring (bicyclic) bond motifs is 1. The molecule has 10 heteroatoms. The molecule has 4 rings (SSSR count). The van der Waals surface area contributed by atoms with Gasteiger partial charge in [0.1, 0.15) is 11.6 Å².